The molecular formula is C32H43N3O8S. The number of ether oxygens (including phenoxy) is 3. The van der Waals surface area contributed by atoms with E-state index in [2.05, 4.69) is 10.6 Å². The number of benzene rings is 2. The fourth-order valence-corrected chi connectivity index (χ4v) is 6.33. The quantitative estimate of drug-likeness (QED) is 0.302. The van der Waals surface area contributed by atoms with Gasteiger partial charge in [-0.15, -0.1) is 0 Å². The number of rotatable bonds is 13. The highest BCUT2D eigenvalue weighted by molar-refractivity contribution is 7.89. The van der Waals surface area contributed by atoms with Crippen LogP contribution in [0.4, 0.5) is 10.5 Å². The molecule has 240 valence electrons. The lowest BCUT2D eigenvalue weighted by molar-refractivity contribution is -0.122. The van der Waals surface area contributed by atoms with Crippen molar-refractivity contribution in [3.05, 3.63) is 60.2 Å². The van der Waals surface area contributed by atoms with Gasteiger partial charge in [-0.3, -0.25) is 4.79 Å². The van der Waals surface area contributed by atoms with Crippen LogP contribution in [0.25, 0.3) is 0 Å². The standard InChI is InChI=1S/C32H43N3O8S/c1-21(2)18-35(44(39,40)25-13-11-24(12-14-25)33-30(37)23-9-6-10-23)19-28(36)27(17-22-7-4-3-5-8-22)34-32(38)43-29-20-42-31-26(29)15-16-41-31/h3-5,7-8,11-14,21,23,26-29,31,36H,6,9-10,15-20H2,1-2H3,(H,33,37)(H,34,38)/t26-,27-,28+,29-,31+/m0/s1/i1D3,2D3,18D2,20D2,21D,29D. The minimum absolute atomic E-state index is 0.0838. The Hall–Kier alpha value is -3.03. The number of aliphatic hydroxyl groups excluding tert-OH is 1. The molecule has 0 radical (unpaired) electrons. The first-order valence-corrected chi connectivity index (χ1v) is 15.6. The highest BCUT2D eigenvalue weighted by atomic mass is 32.2. The number of hydrogen-bond donors (Lipinski definition) is 3. The third-order valence-electron chi connectivity index (χ3n) is 7.70. The van der Waals surface area contributed by atoms with E-state index >= 15 is 0 Å². The molecule has 2 aromatic rings. The smallest absolute Gasteiger partial charge is 0.407 e. The van der Waals surface area contributed by atoms with Crippen molar-refractivity contribution in [2.45, 2.75) is 75.2 Å². The van der Waals surface area contributed by atoms with Gasteiger partial charge in [0, 0.05) is 37.0 Å². The van der Waals surface area contributed by atoms with Gasteiger partial charge in [0.1, 0.15) is 6.08 Å². The molecule has 2 aromatic carbocycles. The van der Waals surface area contributed by atoms with Gasteiger partial charge in [0.2, 0.25) is 15.9 Å². The number of nitrogens with one attached hydrogen (secondary N) is 2. The number of nitrogens with zero attached hydrogens (tertiary/aromatic N) is 1. The molecule has 0 bridgehead atoms. The van der Waals surface area contributed by atoms with Crippen LogP contribution in [-0.4, -0.2) is 80.6 Å². The van der Waals surface area contributed by atoms with Crippen molar-refractivity contribution in [2.75, 3.05) is 31.5 Å². The topological polar surface area (TPSA) is 144 Å². The van der Waals surface area contributed by atoms with Crippen LogP contribution in [0.15, 0.2) is 59.5 Å². The SMILES string of the molecule is [2H]C([2H])([2H])C([2H])(C([2H])([2H])[2H])C([2H])([2H])N(C[C@@H](O)[C@H](Cc1ccccc1)NC(=O)O[C@]1([2H])[C@@H]2CCO[C@@H]2OC1([2H])[2H])S(=O)(=O)c1ccc(NC(=O)C2CCC2)cc1. The van der Waals surface area contributed by atoms with E-state index < -0.39 is 90.6 Å². The third-order valence-corrected chi connectivity index (χ3v) is 9.38. The number of sulfonamides is 1. The maximum absolute atomic E-state index is 14.4. The van der Waals surface area contributed by atoms with Gasteiger partial charge < -0.3 is 30.0 Å². The van der Waals surface area contributed by atoms with Crippen molar-refractivity contribution in [3.8, 4) is 0 Å². The van der Waals surface area contributed by atoms with E-state index in [0.717, 1.165) is 18.6 Å². The largest absolute Gasteiger partial charge is 0.443 e. The zero-order valence-corrected chi connectivity index (χ0v) is 24.5. The lowest BCUT2D eigenvalue weighted by Gasteiger charge is -2.31. The minimum atomic E-state index is -5.39. The van der Waals surface area contributed by atoms with Crippen LogP contribution in [0.5, 0.6) is 0 Å². The molecule has 0 aromatic heterocycles. The summed E-state index contributed by atoms with van der Waals surface area (Å²) in [7, 11) is -5.39. The molecule has 1 aliphatic carbocycles. The number of amides is 2. The van der Waals surface area contributed by atoms with Crippen LogP contribution < -0.4 is 10.6 Å². The second-order valence-electron chi connectivity index (χ2n) is 10.8. The van der Waals surface area contributed by atoms with E-state index in [1.807, 2.05) is 0 Å². The molecule has 2 amide bonds. The molecule has 11 nitrogen and oxygen atoms in total. The van der Waals surface area contributed by atoms with Crippen molar-refractivity contribution in [2.24, 2.45) is 17.7 Å². The zero-order valence-electron chi connectivity index (χ0n) is 35.7. The van der Waals surface area contributed by atoms with E-state index in [1.54, 1.807) is 30.3 Å². The molecule has 2 saturated heterocycles. The van der Waals surface area contributed by atoms with Gasteiger partial charge in [-0.2, -0.15) is 4.31 Å². The summed E-state index contributed by atoms with van der Waals surface area (Å²) in [6.45, 7) is -16.3. The van der Waals surface area contributed by atoms with Crippen LogP contribution in [0.3, 0.4) is 0 Å². The number of anilines is 1. The molecule has 0 unspecified atom stereocenters. The molecule has 3 aliphatic rings. The molecule has 3 fully saturated rings. The van der Waals surface area contributed by atoms with Crippen LogP contribution >= 0.6 is 0 Å². The summed E-state index contributed by atoms with van der Waals surface area (Å²) in [6.07, 6.45) is -5.56. The first-order chi connectivity index (χ1) is 25.8. The fraction of sp³-hybridized carbons (Fsp3) is 0.562. The number of aliphatic hydroxyl groups is 1. The highest BCUT2D eigenvalue weighted by Crippen LogP contribution is 2.33. The minimum Gasteiger partial charge on any atom is -0.443 e. The first kappa shape index (κ1) is 20.2. The Morgan fingerprint density at radius 2 is 1.93 bits per heavy atom. The number of alkyl carbamates (subject to hydrolysis) is 1. The van der Waals surface area contributed by atoms with E-state index in [9.17, 15) is 23.1 Å². The number of hydrogen-bond acceptors (Lipinski definition) is 8. The molecule has 1 saturated carbocycles. The summed E-state index contributed by atoms with van der Waals surface area (Å²) < 4.78 is 144. The van der Waals surface area contributed by atoms with Gasteiger partial charge in [-0.25, -0.2) is 13.2 Å². The predicted octanol–water partition coefficient (Wildman–Crippen LogP) is 3.53. The lowest BCUT2D eigenvalue weighted by atomic mass is 9.85. The van der Waals surface area contributed by atoms with Gasteiger partial charge in [0.15, 0.2) is 6.29 Å². The number of carbonyl (C=O) groups excluding carboxylic acids is 2. The van der Waals surface area contributed by atoms with Crippen LogP contribution in [0.2, 0.25) is 0 Å². The Morgan fingerprint density at radius 3 is 2.61 bits per heavy atom. The highest BCUT2D eigenvalue weighted by Gasteiger charge is 2.44. The number of fused-ring (bicyclic) bond motifs is 1. The monoisotopic (exact) mass is 641 g/mol. The maximum Gasteiger partial charge on any atom is 0.407 e. The van der Waals surface area contributed by atoms with Crippen molar-refractivity contribution in [3.63, 3.8) is 0 Å². The molecule has 5 rings (SSSR count). The summed E-state index contributed by atoms with van der Waals surface area (Å²) in [5.41, 5.74) is 0.582. The van der Waals surface area contributed by atoms with E-state index in [-0.39, 0.29) is 41.3 Å². The maximum atomic E-state index is 14.4. The zero-order chi connectivity index (χ0) is 41.7. The Bertz CT molecular complexity index is 1840. The van der Waals surface area contributed by atoms with Crippen molar-refractivity contribution in [1.29, 1.82) is 0 Å². The summed E-state index contributed by atoms with van der Waals surface area (Å²) in [5, 5.41) is 16.7. The second kappa shape index (κ2) is 14.4. The van der Waals surface area contributed by atoms with Crippen molar-refractivity contribution in [1.82, 2.24) is 9.62 Å². The van der Waals surface area contributed by atoms with Crippen LogP contribution in [0.1, 0.15) is 61.4 Å². The molecule has 3 N–H and O–H groups in total. The predicted molar refractivity (Wildman–Crippen MR) is 163 cm³/mol. The van der Waals surface area contributed by atoms with E-state index in [1.165, 1.54) is 12.1 Å². The van der Waals surface area contributed by atoms with Crippen molar-refractivity contribution < 1.29 is 53.8 Å². The molecule has 44 heavy (non-hydrogen) atoms. The van der Waals surface area contributed by atoms with Gasteiger partial charge in [0.05, 0.1) is 40.2 Å². The molecule has 2 aliphatic heterocycles. The Balaban J connectivity index is 1.52. The summed E-state index contributed by atoms with van der Waals surface area (Å²) in [6, 6.07) is 10.5. The Morgan fingerprint density at radius 1 is 1.18 bits per heavy atom. The van der Waals surface area contributed by atoms with E-state index in [4.69, 9.17) is 30.7 Å². The molecule has 5 atom stereocenters. The Kier molecular flexibility index (Phi) is 6.59. The molecule has 0 spiro atoms. The Labute approximate surface area is 276 Å². The van der Waals surface area contributed by atoms with Crippen LogP contribution in [0, 0.1) is 17.7 Å². The molecule has 2 heterocycles. The second-order valence-corrected chi connectivity index (χ2v) is 12.6. The lowest BCUT2D eigenvalue weighted by Crippen LogP contribution is -2.51. The fourth-order valence-electron chi connectivity index (χ4n) is 5.03. The summed E-state index contributed by atoms with van der Waals surface area (Å²) >= 11 is 0. The van der Waals surface area contributed by atoms with E-state index in [0.29, 0.717) is 18.4 Å². The third kappa shape index (κ3) is 7.97. The first-order valence-electron chi connectivity index (χ1n) is 20.2. The van der Waals surface area contributed by atoms with Crippen LogP contribution in [-0.2, 0) is 35.4 Å². The summed E-state index contributed by atoms with van der Waals surface area (Å²) in [4.78, 5) is 25.2. The van der Waals surface area contributed by atoms with Gasteiger partial charge >= 0.3 is 6.09 Å². The molecular weight excluding hydrogens is 586 g/mol. The number of carbonyl (C=O) groups is 2. The van der Waals surface area contributed by atoms with Gasteiger partial charge in [-0.05, 0) is 61.4 Å². The average molecular weight is 642 g/mol. The van der Waals surface area contributed by atoms with Crippen molar-refractivity contribution >= 4 is 27.7 Å². The van der Waals surface area contributed by atoms with Gasteiger partial charge in [0.25, 0.3) is 0 Å². The normalized spacial score (nSPS) is 31.1. The summed E-state index contributed by atoms with van der Waals surface area (Å²) in [5.74, 6) is -5.75. The average Bonchev–Trinajstić information content (AvgIpc) is 3.59. The van der Waals surface area contributed by atoms with Gasteiger partial charge in [-0.1, -0.05) is 50.5 Å². The molecule has 12 heteroatoms.